The molecular weight excluding hydrogens is 434 g/mol. The maximum absolute atomic E-state index is 6.22. The SMILES string of the molecule is c1cncc(-c2cc3cc4oc5ccccc5c4cc3c3cc4sc5ccccc5c4cc23)c1. The van der Waals surface area contributed by atoms with Crippen molar-refractivity contribution < 1.29 is 4.42 Å². The van der Waals surface area contributed by atoms with Crippen molar-refractivity contribution in [3.8, 4) is 11.1 Å². The molecule has 0 aliphatic heterocycles. The molecule has 0 aliphatic carbocycles. The predicted molar refractivity (Wildman–Crippen MR) is 145 cm³/mol. The molecule has 0 saturated carbocycles. The number of hydrogen-bond donors (Lipinski definition) is 0. The summed E-state index contributed by atoms with van der Waals surface area (Å²) in [6.07, 6.45) is 3.78. The first-order chi connectivity index (χ1) is 16.8. The van der Waals surface area contributed by atoms with Gasteiger partial charge in [-0.1, -0.05) is 42.5 Å². The monoisotopic (exact) mass is 451 g/mol. The van der Waals surface area contributed by atoms with Gasteiger partial charge in [0.2, 0.25) is 0 Å². The molecule has 158 valence electrons. The smallest absolute Gasteiger partial charge is 0.136 e. The van der Waals surface area contributed by atoms with E-state index in [0.29, 0.717) is 0 Å². The van der Waals surface area contributed by atoms with Crippen molar-refractivity contribution in [1.82, 2.24) is 4.98 Å². The standard InChI is InChI=1S/C31H17NOS/c1-3-9-28-20(7-1)26-14-23-19(13-29(26)33-28)12-22(18-6-5-11-32-17-18)24-15-27-21-8-2-4-10-30(21)34-31(27)16-25(23)24/h1-17H. The van der Waals surface area contributed by atoms with Gasteiger partial charge in [0, 0.05) is 48.9 Å². The summed E-state index contributed by atoms with van der Waals surface area (Å²) in [5.41, 5.74) is 4.17. The second-order valence-corrected chi connectivity index (χ2v) is 9.91. The van der Waals surface area contributed by atoms with Crippen LogP contribution in [0.2, 0.25) is 0 Å². The zero-order chi connectivity index (χ0) is 22.2. The van der Waals surface area contributed by atoms with Gasteiger partial charge >= 0.3 is 0 Å². The fourth-order valence-corrected chi connectivity index (χ4v) is 6.48. The molecule has 0 aliphatic rings. The molecule has 0 bridgehead atoms. The Morgan fingerprint density at radius 3 is 2.32 bits per heavy atom. The third-order valence-corrected chi connectivity index (χ3v) is 8.05. The summed E-state index contributed by atoms with van der Waals surface area (Å²) in [7, 11) is 0. The Morgan fingerprint density at radius 2 is 1.41 bits per heavy atom. The molecular formula is C31H17NOS. The van der Waals surface area contributed by atoms with E-state index in [1.165, 1.54) is 47.3 Å². The van der Waals surface area contributed by atoms with Crippen LogP contribution >= 0.6 is 11.3 Å². The van der Waals surface area contributed by atoms with Crippen LogP contribution in [-0.4, -0.2) is 4.98 Å². The van der Waals surface area contributed by atoms with Crippen LogP contribution < -0.4 is 0 Å². The van der Waals surface area contributed by atoms with Crippen LogP contribution in [-0.2, 0) is 0 Å². The Morgan fingerprint density at radius 1 is 0.559 bits per heavy atom. The Bertz CT molecular complexity index is 2060. The Labute approximate surface area is 198 Å². The van der Waals surface area contributed by atoms with Crippen molar-refractivity contribution in [1.29, 1.82) is 0 Å². The van der Waals surface area contributed by atoms with Gasteiger partial charge in [0.1, 0.15) is 11.2 Å². The van der Waals surface area contributed by atoms with Crippen LogP contribution in [0.3, 0.4) is 0 Å². The normalized spacial score (nSPS) is 12.1. The highest BCUT2D eigenvalue weighted by Gasteiger charge is 2.15. The number of benzene rings is 5. The Kier molecular flexibility index (Phi) is 3.57. The van der Waals surface area contributed by atoms with Crippen molar-refractivity contribution in [3.05, 3.63) is 103 Å². The molecule has 0 saturated heterocycles. The second kappa shape index (κ2) is 6.66. The highest BCUT2D eigenvalue weighted by atomic mass is 32.1. The quantitative estimate of drug-likeness (QED) is 0.232. The lowest BCUT2D eigenvalue weighted by Gasteiger charge is -2.12. The lowest BCUT2D eigenvalue weighted by atomic mass is 9.92. The zero-order valence-corrected chi connectivity index (χ0v) is 18.9. The van der Waals surface area contributed by atoms with E-state index in [2.05, 4.69) is 77.8 Å². The van der Waals surface area contributed by atoms with E-state index in [4.69, 9.17) is 4.42 Å². The lowest BCUT2D eigenvalue weighted by Crippen LogP contribution is -1.86. The molecule has 8 rings (SSSR count). The number of furan rings is 1. The summed E-state index contributed by atoms with van der Waals surface area (Å²) in [5.74, 6) is 0. The first kappa shape index (κ1) is 18.2. The van der Waals surface area contributed by atoms with Gasteiger partial charge < -0.3 is 4.42 Å². The maximum atomic E-state index is 6.22. The number of aromatic nitrogens is 1. The third-order valence-electron chi connectivity index (χ3n) is 6.92. The fourth-order valence-electron chi connectivity index (χ4n) is 5.35. The molecule has 8 aromatic rings. The van der Waals surface area contributed by atoms with E-state index in [0.717, 1.165) is 27.5 Å². The number of thiophene rings is 1. The van der Waals surface area contributed by atoms with Crippen LogP contribution in [0.25, 0.3) is 74.8 Å². The molecule has 0 atom stereocenters. The van der Waals surface area contributed by atoms with E-state index in [9.17, 15) is 0 Å². The van der Waals surface area contributed by atoms with Crippen molar-refractivity contribution in [2.24, 2.45) is 0 Å². The summed E-state index contributed by atoms with van der Waals surface area (Å²) < 4.78 is 8.86. The van der Waals surface area contributed by atoms with Crippen molar-refractivity contribution in [2.75, 3.05) is 0 Å². The fraction of sp³-hybridized carbons (Fsp3) is 0. The molecule has 2 nitrogen and oxygen atoms in total. The molecule has 0 radical (unpaired) electrons. The van der Waals surface area contributed by atoms with Gasteiger partial charge in [-0.3, -0.25) is 4.98 Å². The van der Waals surface area contributed by atoms with Gasteiger partial charge in [0.25, 0.3) is 0 Å². The molecule has 0 fully saturated rings. The van der Waals surface area contributed by atoms with Crippen molar-refractivity contribution in [2.45, 2.75) is 0 Å². The number of hydrogen-bond acceptors (Lipinski definition) is 3. The minimum absolute atomic E-state index is 0.924. The van der Waals surface area contributed by atoms with E-state index >= 15 is 0 Å². The molecule has 0 N–H and O–H groups in total. The minimum Gasteiger partial charge on any atom is -0.456 e. The summed E-state index contributed by atoms with van der Waals surface area (Å²) >= 11 is 1.86. The van der Waals surface area contributed by atoms with Gasteiger partial charge in [-0.05, 0) is 75.6 Å². The van der Waals surface area contributed by atoms with Crippen LogP contribution in [0, 0.1) is 0 Å². The van der Waals surface area contributed by atoms with Gasteiger partial charge in [0.05, 0.1) is 0 Å². The summed E-state index contributed by atoms with van der Waals surface area (Å²) in [4.78, 5) is 4.41. The Balaban J connectivity index is 1.59. The maximum Gasteiger partial charge on any atom is 0.136 e. The summed E-state index contributed by atoms with van der Waals surface area (Å²) in [6, 6.07) is 32.7. The minimum atomic E-state index is 0.924. The molecule has 3 heteroatoms. The van der Waals surface area contributed by atoms with E-state index in [1.807, 2.05) is 41.9 Å². The third kappa shape index (κ3) is 2.47. The van der Waals surface area contributed by atoms with Crippen LogP contribution in [0.4, 0.5) is 0 Å². The average molecular weight is 452 g/mol. The number of para-hydroxylation sites is 1. The molecule has 5 aromatic carbocycles. The predicted octanol–water partition coefficient (Wildman–Crippen LogP) is 9.32. The number of rotatable bonds is 1. The molecule has 3 heterocycles. The molecule has 0 unspecified atom stereocenters. The lowest BCUT2D eigenvalue weighted by molar-refractivity contribution is 0.669. The van der Waals surface area contributed by atoms with Gasteiger partial charge in [-0.25, -0.2) is 0 Å². The van der Waals surface area contributed by atoms with Crippen LogP contribution in [0.1, 0.15) is 0 Å². The molecule has 34 heavy (non-hydrogen) atoms. The van der Waals surface area contributed by atoms with E-state index in [1.54, 1.807) is 0 Å². The van der Waals surface area contributed by atoms with Gasteiger partial charge in [-0.15, -0.1) is 11.3 Å². The van der Waals surface area contributed by atoms with E-state index in [-0.39, 0.29) is 0 Å². The summed E-state index contributed by atoms with van der Waals surface area (Å²) in [6.45, 7) is 0. The molecule has 3 aromatic heterocycles. The highest BCUT2D eigenvalue weighted by molar-refractivity contribution is 7.25. The molecule has 0 amide bonds. The Hall–Kier alpha value is -4.21. The largest absolute Gasteiger partial charge is 0.456 e. The summed E-state index contributed by atoms with van der Waals surface area (Å²) in [5, 5.41) is 9.90. The van der Waals surface area contributed by atoms with Gasteiger partial charge in [0.15, 0.2) is 0 Å². The van der Waals surface area contributed by atoms with Gasteiger partial charge in [-0.2, -0.15) is 0 Å². The van der Waals surface area contributed by atoms with Crippen LogP contribution in [0.5, 0.6) is 0 Å². The average Bonchev–Trinajstić information content (AvgIpc) is 3.43. The number of nitrogens with zero attached hydrogens (tertiary/aromatic N) is 1. The number of pyridine rings is 1. The first-order valence-corrected chi connectivity index (χ1v) is 12.2. The van der Waals surface area contributed by atoms with Crippen molar-refractivity contribution >= 4 is 75.0 Å². The highest BCUT2D eigenvalue weighted by Crippen LogP contribution is 2.43. The van der Waals surface area contributed by atoms with Crippen molar-refractivity contribution in [3.63, 3.8) is 0 Å². The second-order valence-electron chi connectivity index (χ2n) is 8.83. The zero-order valence-electron chi connectivity index (χ0n) is 18.1. The number of fused-ring (bicyclic) bond motifs is 9. The van der Waals surface area contributed by atoms with Crippen LogP contribution in [0.15, 0.2) is 108 Å². The topological polar surface area (TPSA) is 26.0 Å². The molecule has 0 spiro atoms. The first-order valence-electron chi connectivity index (χ1n) is 11.4. The van der Waals surface area contributed by atoms with E-state index < -0.39 is 0 Å².